The van der Waals surface area contributed by atoms with Crippen LogP contribution in [-0.2, 0) is 35.3 Å². The van der Waals surface area contributed by atoms with Gasteiger partial charge in [-0.15, -0.1) is 9.61 Å². The van der Waals surface area contributed by atoms with Crippen LogP contribution in [0.25, 0.3) is 0 Å². The van der Waals surface area contributed by atoms with E-state index in [4.69, 9.17) is 30.9 Å². The van der Waals surface area contributed by atoms with Crippen molar-refractivity contribution in [3.63, 3.8) is 0 Å². The van der Waals surface area contributed by atoms with E-state index in [0.717, 1.165) is 25.9 Å². The lowest BCUT2D eigenvalue weighted by molar-refractivity contribution is -0.140. The molecule has 0 fully saturated rings. The lowest BCUT2D eigenvalue weighted by Crippen LogP contribution is -2.26. The first-order chi connectivity index (χ1) is 17.6. The summed E-state index contributed by atoms with van der Waals surface area (Å²) < 4.78 is 22.1. The molecule has 0 saturated carbocycles. The van der Waals surface area contributed by atoms with E-state index in [1.165, 1.54) is 90.6 Å². The van der Waals surface area contributed by atoms with Gasteiger partial charge in [-0.25, -0.2) is 0 Å². The average Bonchev–Trinajstić information content (AvgIpc) is 2.89. The molecule has 9 heteroatoms. The van der Waals surface area contributed by atoms with Crippen molar-refractivity contribution in [1.29, 1.82) is 0 Å². The van der Waals surface area contributed by atoms with E-state index in [1.54, 1.807) is 0 Å². The highest BCUT2D eigenvalue weighted by atomic mass is 32.4. The topological polar surface area (TPSA) is 86.3 Å². The van der Waals surface area contributed by atoms with Gasteiger partial charge >= 0.3 is 13.0 Å². The molecule has 0 radical (unpaired) electrons. The summed E-state index contributed by atoms with van der Waals surface area (Å²) >= 11 is 5.24. The van der Waals surface area contributed by atoms with Gasteiger partial charge in [0.1, 0.15) is 12.7 Å². The Labute approximate surface area is 227 Å². The number of aliphatic hydroxyl groups excluding tert-OH is 1. The zero-order chi connectivity index (χ0) is 26.5. The maximum Gasteiger partial charge on any atom is 0.439 e. The van der Waals surface area contributed by atoms with Crippen LogP contribution in [0, 0.1) is 0 Å². The van der Waals surface area contributed by atoms with Gasteiger partial charge in [-0.05, 0) is 19.3 Å². The Kier molecular flexibility index (Phi) is 29.2. The molecule has 214 valence electrons. The molecule has 0 spiro atoms. The van der Waals surface area contributed by atoms with E-state index < -0.39 is 7.07 Å². The highest BCUT2D eigenvalue weighted by Gasteiger charge is 2.18. The van der Waals surface area contributed by atoms with Crippen LogP contribution in [0.15, 0.2) is 0 Å². The van der Waals surface area contributed by atoms with Crippen molar-refractivity contribution in [3.05, 3.63) is 0 Å². The minimum absolute atomic E-state index is 0.0290. The molecule has 0 saturated heterocycles. The smallest absolute Gasteiger partial charge is 0.439 e. The third kappa shape index (κ3) is 26.8. The highest BCUT2D eigenvalue weighted by molar-refractivity contribution is 8.02. The number of unbranched alkanes of at least 4 members (excludes halogenated alkanes) is 14. The van der Waals surface area contributed by atoms with E-state index in [9.17, 15) is 4.79 Å². The predicted octanol–water partition coefficient (Wildman–Crippen LogP) is 6.59. The summed E-state index contributed by atoms with van der Waals surface area (Å²) in [7, 11) is 0.188. The maximum atomic E-state index is 11.2. The van der Waals surface area contributed by atoms with Gasteiger partial charge in [0.2, 0.25) is 11.8 Å². The number of aliphatic hydroxyl groups is 1. The summed E-state index contributed by atoms with van der Waals surface area (Å²) in [6.45, 7) is 4.80. The molecule has 2 N–H and O–H groups in total. The van der Waals surface area contributed by atoms with Gasteiger partial charge in [0.25, 0.3) is 0 Å². The minimum Gasteiger partial charge on any atom is -0.469 e. The molecule has 1 unspecified atom stereocenters. The van der Waals surface area contributed by atoms with Gasteiger partial charge < -0.3 is 19.3 Å². The van der Waals surface area contributed by atoms with Gasteiger partial charge in [0, 0.05) is 19.6 Å². The summed E-state index contributed by atoms with van der Waals surface area (Å²) in [5, 5.41) is 11.9. The Bertz CT molecular complexity index is 501. The van der Waals surface area contributed by atoms with Crippen LogP contribution >= 0.6 is 7.07 Å². The molecule has 0 aromatic heterocycles. The first-order valence-electron chi connectivity index (χ1n) is 14.3. The number of esters is 1. The Morgan fingerprint density at radius 1 is 0.833 bits per heavy atom. The summed E-state index contributed by atoms with van der Waals surface area (Å²) in [6.07, 6.45) is 20.5. The van der Waals surface area contributed by atoms with Crippen LogP contribution in [0.2, 0.25) is 0 Å². The average molecular weight is 553 g/mol. The first-order valence-corrected chi connectivity index (χ1v) is 16.6. The maximum absolute atomic E-state index is 11.2. The number of nitrogens with one attached hydrogen (secondary N) is 1. The van der Waals surface area contributed by atoms with Crippen LogP contribution in [0.5, 0.6) is 0 Å². The predicted molar refractivity (Wildman–Crippen MR) is 152 cm³/mol. The number of carbonyl (C=O) groups excluding carboxylic acids is 1. The molecular formula is C27H55NO6PS+. The third-order valence-electron chi connectivity index (χ3n) is 6.03. The van der Waals surface area contributed by atoms with E-state index in [1.807, 2.05) is 0 Å². The molecule has 0 heterocycles. The Morgan fingerprint density at radius 2 is 1.39 bits per heavy atom. The van der Waals surface area contributed by atoms with Gasteiger partial charge in [0.15, 0.2) is 0 Å². The molecule has 0 aromatic rings. The number of rotatable bonds is 29. The fraction of sp³-hybridized carbons (Fsp3) is 0.963. The van der Waals surface area contributed by atoms with Crippen molar-refractivity contribution in [2.24, 2.45) is 0 Å². The van der Waals surface area contributed by atoms with Gasteiger partial charge in [-0.1, -0.05) is 90.4 Å². The van der Waals surface area contributed by atoms with Crippen LogP contribution in [0.1, 0.15) is 116 Å². The van der Waals surface area contributed by atoms with Crippen molar-refractivity contribution < 1.29 is 28.6 Å². The number of carbonyl (C=O) groups is 1. The largest absolute Gasteiger partial charge is 0.469 e. The lowest BCUT2D eigenvalue weighted by Gasteiger charge is -2.16. The molecule has 0 aliphatic rings. The van der Waals surface area contributed by atoms with Gasteiger partial charge in [-0.3, -0.25) is 4.79 Å². The number of methoxy groups -OCH3 is 1. The molecule has 0 aromatic carbocycles. The fourth-order valence-electron chi connectivity index (χ4n) is 3.82. The zero-order valence-corrected chi connectivity index (χ0v) is 24.9. The minimum atomic E-state index is -1.21. The van der Waals surface area contributed by atoms with E-state index in [-0.39, 0.29) is 18.7 Å². The molecule has 36 heavy (non-hydrogen) atoms. The van der Waals surface area contributed by atoms with Crippen LogP contribution in [0.4, 0.5) is 0 Å². The molecule has 2 atom stereocenters. The van der Waals surface area contributed by atoms with Gasteiger partial charge in [-0.2, -0.15) is 0 Å². The number of ether oxygens (including phenoxy) is 3. The third-order valence-corrected chi connectivity index (χ3v) is 7.60. The molecule has 0 amide bonds. The van der Waals surface area contributed by atoms with Gasteiger partial charge in [0.05, 0.1) is 26.9 Å². The van der Waals surface area contributed by atoms with Crippen molar-refractivity contribution >= 4 is 24.9 Å². The summed E-state index contributed by atoms with van der Waals surface area (Å²) in [5.74, 6) is -0.196. The fourth-order valence-corrected chi connectivity index (χ4v) is 4.95. The van der Waals surface area contributed by atoms with Crippen molar-refractivity contribution in [2.45, 2.75) is 122 Å². The highest BCUT2D eigenvalue weighted by Crippen LogP contribution is 2.17. The monoisotopic (exact) mass is 552 g/mol. The molecular weight excluding hydrogens is 497 g/mol. The second kappa shape index (κ2) is 29.3. The second-order valence-electron chi connectivity index (χ2n) is 9.38. The quantitative estimate of drug-likeness (QED) is 0.0611. The summed E-state index contributed by atoms with van der Waals surface area (Å²) in [4.78, 5) is 11.2. The summed E-state index contributed by atoms with van der Waals surface area (Å²) in [5.41, 5.74) is 0. The van der Waals surface area contributed by atoms with Crippen molar-refractivity contribution in [2.75, 3.05) is 46.7 Å². The molecule has 0 aliphatic heterocycles. The second-order valence-corrected chi connectivity index (χ2v) is 11.5. The van der Waals surface area contributed by atoms with Crippen molar-refractivity contribution in [3.8, 4) is 0 Å². The summed E-state index contributed by atoms with van der Waals surface area (Å²) in [6, 6.07) is 0. The normalized spacial score (nSPS) is 12.6. The Balaban J connectivity index is 3.78. The van der Waals surface area contributed by atoms with Crippen LogP contribution < -0.4 is 5.09 Å². The number of hydrogen-bond acceptors (Lipinski definition) is 7. The number of hydrogen-bond donors (Lipinski definition) is 2. The van der Waals surface area contributed by atoms with Crippen molar-refractivity contribution in [1.82, 2.24) is 5.09 Å². The van der Waals surface area contributed by atoms with Crippen LogP contribution in [0.3, 0.4) is 0 Å². The standard InChI is InChI=1S/C27H55NO6PS/c1-3-4-5-6-7-8-9-10-11-12-13-14-15-17-22-32-24-26(25-34-35(36)28-20-21-29)33-23-18-16-19-27(30)31-2/h26,29H,3-25H2,1-2H3,(H,28,36)/q+1/t26-/m1/s1. The van der Waals surface area contributed by atoms with E-state index in [0.29, 0.717) is 32.8 Å². The van der Waals surface area contributed by atoms with E-state index in [2.05, 4.69) is 16.7 Å². The van der Waals surface area contributed by atoms with Crippen LogP contribution in [-0.4, -0.2) is 63.9 Å². The molecule has 0 rings (SSSR count). The first kappa shape index (κ1) is 35.8. The SMILES string of the molecule is CCCCCCCCCCCCCCCCOC[C@H](CO[P+](=S)NCCO)OCCCCC(=O)OC. The lowest BCUT2D eigenvalue weighted by atomic mass is 10.0. The molecule has 0 aliphatic carbocycles. The molecule has 7 nitrogen and oxygen atoms in total. The van der Waals surface area contributed by atoms with E-state index >= 15 is 0 Å². The Hall–Kier alpha value is -0.210. The zero-order valence-electron chi connectivity index (χ0n) is 23.2. The Morgan fingerprint density at radius 3 is 1.94 bits per heavy atom. The molecule has 0 bridgehead atoms.